The van der Waals surface area contributed by atoms with Gasteiger partial charge in [-0.25, -0.2) is 15.0 Å². The van der Waals surface area contributed by atoms with Crippen molar-refractivity contribution < 1.29 is 4.74 Å². The molecule has 0 aromatic carbocycles. The second-order valence-corrected chi connectivity index (χ2v) is 6.96. The van der Waals surface area contributed by atoms with Crippen LogP contribution in [-0.2, 0) is 17.6 Å². The highest BCUT2D eigenvalue weighted by molar-refractivity contribution is 5.49. The van der Waals surface area contributed by atoms with Crippen LogP contribution in [0.15, 0.2) is 18.6 Å². The fourth-order valence-electron chi connectivity index (χ4n) is 3.73. The molecule has 2 aliphatic rings. The number of ether oxygens (including phenoxy) is 1. The van der Waals surface area contributed by atoms with E-state index in [1.165, 1.54) is 18.4 Å². The van der Waals surface area contributed by atoms with Crippen molar-refractivity contribution in [3.05, 3.63) is 35.7 Å². The van der Waals surface area contributed by atoms with Crippen molar-refractivity contribution in [2.24, 2.45) is 0 Å². The summed E-state index contributed by atoms with van der Waals surface area (Å²) < 4.78 is 5.84. The van der Waals surface area contributed by atoms with E-state index in [1.807, 2.05) is 13.1 Å². The van der Waals surface area contributed by atoms with Crippen molar-refractivity contribution in [1.82, 2.24) is 19.9 Å². The minimum Gasteiger partial charge on any atom is -0.376 e. The molecule has 2 aromatic heterocycles. The predicted molar refractivity (Wildman–Crippen MR) is 101 cm³/mol. The molecule has 7 heteroatoms. The molecule has 0 aliphatic carbocycles. The van der Waals surface area contributed by atoms with Gasteiger partial charge < -0.3 is 15.0 Å². The summed E-state index contributed by atoms with van der Waals surface area (Å²) in [6.45, 7) is 5.45. The number of hydrogen-bond acceptors (Lipinski definition) is 7. The van der Waals surface area contributed by atoms with Gasteiger partial charge >= 0.3 is 0 Å². The van der Waals surface area contributed by atoms with Gasteiger partial charge in [0.05, 0.1) is 18.0 Å². The second kappa shape index (κ2) is 7.95. The molecule has 0 radical (unpaired) electrons. The zero-order valence-corrected chi connectivity index (χ0v) is 15.3. The normalized spacial score (nSPS) is 20.3. The van der Waals surface area contributed by atoms with E-state index >= 15 is 0 Å². The monoisotopic (exact) mass is 354 g/mol. The van der Waals surface area contributed by atoms with Gasteiger partial charge in [0.1, 0.15) is 17.5 Å². The van der Waals surface area contributed by atoms with E-state index in [4.69, 9.17) is 9.72 Å². The first-order valence-electron chi connectivity index (χ1n) is 9.52. The lowest BCUT2D eigenvalue weighted by molar-refractivity contribution is 0.0247. The molecule has 4 heterocycles. The molecular weight excluding hydrogens is 328 g/mol. The molecule has 0 saturated carbocycles. The summed E-state index contributed by atoms with van der Waals surface area (Å²) in [7, 11) is 0. The Bertz CT molecular complexity index is 732. The summed E-state index contributed by atoms with van der Waals surface area (Å²) >= 11 is 0. The van der Waals surface area contributed by atoms with E-state index in [1.54, 1.807) is 12.4 Å². The predicted octanol–water partition coefficient (Wildman–Crippen LogP) is 2.16. The van der Waals surface area contributed by atoms with Crippen LogP contribution >= 0.6 is 0 Å². The fraction of sp³-hybridized carbons (Fsp3) is 0.579. The Morgan fingerprint density at radius 1 is 1.19 bits per heavy atom. The van der Waals surface area contributed by atoms with Crippen molar-refractivity contribution >= 4 is 11.6 Å². The van der Waals surface area contributed by atoms with E-state index in [0.717, 1.165) is 68.7 Å². The van der Waals surface area contributed by atoms with Crippen molar-refractivity contribution in [3.63, 3.8) is 0 Å². The summed E-state index contributed by atoms with van der Waals surface area (Å²) in [5, 5.41) is 3.54. The van der Waals surface area contributed by atoms with Crippen LogP contribution in [0, 0.1) is 6.92 Å². The van der Waals surface area contributed by atoms with Gasteiger partial charge in [0.2, 0.25) is 0 Å². The van der Waals surface area contributed by atoms with Crippen LogP contribution in [0.1, 0.15) is 36.3 Å². The first-order chi connectivity index (χ1) is 12.8. The number of aryl methyl sites for hydroxylation is 1. The Morgan fingerprint density at radius 3 is 2.92 bits per heavy atom. The third kappa shape index (κ3) is 3.93. The Kier molecular flexibility index (Phi) is 5.24. The standard InChI is InChI=1S/C19H26N6O/c1-14-23-17-6-10-25(18-13-20-7-8-21-18)9-5-16(17)19(24-14)22-12-15-4-2-3-11-26-15/h7-8,13,15H,2-6,9-12H2,1H3,(H,22,23,24)/t15-/m0/s1. The molecule has 1 fully saturated rings. The van der Waals surface area contributed by atoms with Gasteiger partial charge in [0, 0.05) is 50.6 Å². The number of rotatable bonds is 4. The van der Waals surface area contributed by atoms with Crippen LogP contribution in [0.5, 0.6) is 0 Å². The largest absolute Gasteiger partial charge is 0.376 e. The topological polar surface area (TPSA) is 76.1 Å². The number of fused-ring (bicyclic) bond motifs is 1. The van der Waals surface area contributed by atoms with Crippen LogP contribution in [0.3, 0.4) is 0 Å². The average molecular weight is 354 g/mol. The minimum absolute atomic E-state index is 0.288. The summed E-state index contributed by atoms with van der Waals surface area (Å²) in [5.74, 6) is 2.72. The summed E-state index contributed by atoms with van der Waals surface area (Å²) in [4.78, 5) is 20.3. The lowest BCUT2D eigenvalue weighted by atomic mass is 10.1. The van der Waals surface area contributed by atoms with Crippen molar-refractivity contribution in [2.45, 2.75) is 45.1 Å². The van der Waals surface area contributed by atoms with E-state index in [9.17, 15) is 0 Å². The molecular formula is C19H26N6O. The van der Waals surface area contributed by atoms with E-state index in [-0.39, 0.29) is 6.10 Å². The van der Waals surface area contributed by atoms with Gasteiger partial charge in [-0.2, -0.15) is 0 Å². The van der Waals surface area contributed by atoms with Gasteiger partial charge in [0.25, 0.3) is 0 Å². The summed E-state index contributed by atoms with van der Waals surface area (Å²) in [6.07, 6.45) is 10.9. The van der Waals surface area contributed by atoms with Gasteiger partial charge in [-0.05, 0) is 32.6 Å². The van der Waals surface area contributed by atoms with Crippen LogP contribution in [0.25, 0.3) is 0 Å². The van der Waals surface area contributed by atoms with Crippen LogP contribution in [0.4, 0.5) is 11.6 Å². The maximum absolute atomic E-state index is 5.84. The van der Waals surface area contributed by atoms with Crippen molar-refractivity contribution in [1.29, 1.82) is 0 Å². The Hall–Kier alpha value is -2.28. The van der Waals surface area contributed by atoms with E-state index < -0.39 is 0 Å². The molecule has 1 saturated heterocycles. The van der Waals surface area contributed by atoms with E-state index in [0.29, 0.717) is 0 Å². The zero-order chi connectivity index (χ0) is 17.8. The molecule has 2 aliphatic heterocycles. The number of anilines is 2. The molecule has 0 amide bonds. The highest BCUT2D eigenvalue weighted by Crippen LogP contribution is 2.24. The third-order valence-corrected chi connectivity index (χ3v) is 5.10. The summed E-state index contributed by atoms with van der Waals surface area (Å²) in [5.41, 5.74) is 2.38. The van der Waals surface area contributed by atoms with Crippen molar-refractivity contribution in [3.8, 4) is 0 Å². The third-order valence-electron chi connectivity index (χ3n) is 5.10. The smallest absolute Gasteiger partial charge is 0.147 e. The average Bonchev–Trinajstić information content (AvgIpc) is 2.90. The van der Waals surface area contributed by atoms with Crippen molar-refractivity contribution in [2.75, 3.05) is 36.5 Å². The zero-order valence-electron chi connectivity index (χ0n) is 15.3. The number of aromatic nitrogens is 4. The first kappa shape index (κ1) is 17.1. The molecule has 4 rings (SSSR count). The minimum atomic E-state index is 0.288. The lowest BCUT2D eigenvalue weighted by Gasteiger charge is -2.24. The molecule has 0 unspecified atom stereocenters. The Balaban J connectivity index is 1.49. The molecule has 0 bridgehead atoms. The van der Waals surface area contributed by atoms with Crippen LogP contribution in [-0.4, -0.2) is 52.3 Å². The Labute approximate surface area is 154 Å². The molecule has 2 aromatic rings. The van der Waals surface area contributed by atoms with Gasteiger partial charge in [-0.1, -0.05) is 0 Å². The Morgan fingerprint density at radius 2 is 2.12 bits per heavy atom. The molecule has 1 atom stereocenters. The molecule has 7 nitrogen and oxygen atoms in total. The fourth-order valence-corrected chi connectivity index (χ4v) is 3.73. The highest BCUT2D eigenvalue weighted by atomic mass is 16.5. The van der Waals surface area contributed by atoms with Gasteiger partial charge in [0.15, 0.2) is 0 Å². The number of hydrogen-bond donors (Lipinski definition) is 1. The second-order valence-electron chi connectivity index (χ2n) is 6.96. The van der Waals surface area contributed by atoms with Crippen LogP contribution in [0.2, 0.25) is 0 Å². The molecule has 0 spiro atoms. The van der Waals surface area contributed by atoms with Gasteiger partial charge in [-0.15, -0.1) is 0 Å². The molecule has 1 N–H and O–H groups in total. The maximum Gasteiger partial charge on any atom is 0.147 e. The molecule has 26 heavy (non-hydrogen) atoms. The first-order valence-corrected chi connectivity index (χ1v) is 9.52. The SMILES string of the molecule is Cc1nc2c(c(NC[C@@H]3CCCCO3)n1)CCN(c1cnccn1)CC2. The van der Waals surface area contributed by atoms with Gasteiger partial charge in [-0.3, -0.25) is 4.98 Å². The molecule has 138 valence electrons. The quantitative estimate of drug-likeness (QED) is 0.901. The maximum atomic E-state index is 5.84. The summed E-state index contributed by atoms with van der Waals surface area (Å²) in [6, 6.07) is 0. The van der Waals surface area contributed by atoms with E-state index in [2.05, 4.69) is 25.2 Å². The number of nitrogens with zero attached hydrogens (tertiary/aromatic N) is 5. The van der Waals surface area contributed by atoms with Crippen LogP contribution < -0.4 is 10.2 Å². The number of nitrogens with one attached hydrogen (secondary N) is 1. The highest BCUT2D eigenvalue weighted by Gasteiger charge is 2.21. The lowest BCUT2D eigenvalue weighted by Crippen LogP contribution is -2.28.